The van der Waals surface area contributed by atoms with E-state index in [2.05, 4.69) is 20.3 Å². The lowest BCUT2D eigenvalue weighted by molar-refractivity contribution is 0.0997. The Balaban J connectivity index is 1.98. The summed E-state index contributed by atoms with van der Waals surface area (Å²) in [6.07, 6.45) is 2.01. The molecule has 1 fully saturated rings. The summed E-state index contributed by atoms with van der Waals surface area (Å²) in [5.74, 6) is 0.0651. The average Bonchev–Trinajstić information content (AvgIpc) is 3.33. The summed E-state index contributed by atoms with van der Waals surface area (Å²) in [5, 5.41) is 3.35. The fraction of sp³-hybridized carbons (Fsp3) is 0.333. The van der Waals surface area contributed by atoms with Crippen molar-refractivity contribution in [2.75, 3.05) is 25.6 Å². The molecule has 0 radical (unpaired) electrons. The predicted molar refractivity (Wildman–Crippen MR) is 104 cm³/mol. The SMILES string of the molecule is COc1ccccc1-n1c(=O)[nH]c2c(C(N)=O)nc(N(C)[C@H]3CCCN3)nc21. The molecule has 1 aliphatic heterocycles. The Morgan fingerprint density at radius 3 is 2.82 bits per heavy atom. The monoisotopic (exact) mass is 383 g/mol. The number of benzene rings is 1. The van der Waals surface area contributed by atoms with Crippen LogP contribution >= 0.6 is 0 Å². The van der Waals surface area contributed by atoms with Crippen molar-refractivity contribution in [3.05, 3.63) is 40.4 Å². The highest BCUT2D eigenvalue weighted by molar-refractivity contribution is 6.02. The Kier molecular flexibility index (Phi) is 4.47. The van der Waals surface area contributed by atoms with Gasteiger partial charge in [0.15, 0.2) is 11.3 Å². The first kappa shape index (κ1) is 18.0. The van der Waals surface area contributed by atoms with Gasteiger partial charge in [0.25, 0.3) is 5.91 Å². The largest absolute Gasteiger partial charge is 0.495 e. The van der Waals surface area contributed by atoms with Gasteiger partial charge in [-0.05, 0) is 31.5 Å². The zero-order chi connectivity index (χ0) is 19.8. The summed E-state index contributed by atoms with van der Waals surface area (Å²) in [5.41, 5.74) is 6.00. The molecule has 0 bridgehead atoms. The number of anilines is 1. The zero-order valence-electron chi connectivity index (χ0n) is 15.6. The van der Waals surface area contributed by atoms with Crippen LogP contribution < -0.4 is 26.4 Å². The minimum absolute atomic E-state index is 0.0319. The van der Waals surface area contributed by atoms with Gasteiger partial charge in [0.1, 0.15) is 11.3 Å². The number of nitrogens with zero attached hydrogens (tertiary/aromatic N) is 4. The van der Waals surface area contributed by atoms with Gasteiger partial charge in [-0.1, -0.05) is 12.1 Å². The number of carbonyl (C=O) groups is 1. The minimum atomic E-state index is -0.741. The number of fused-ring (bicyclic) bond motifs is 1. The smallest absolute Gasteiger partial charge is 0.332 e. The fourth-order valence-electron chi connectivity index (χ4n) is 3.48. The summed E-state index contributed by atoms with van der Waals surface area (Å²) >= 11 is 0. The highest BCUT2D eigenvalue weighted by atomic mass is 16.5. The van der Waals surface area contributed by atoms with E-state index in [9.17, 15) is 9.59 Å². The molecule has 1 saturated heterocycles. The molecule has 1 amide bonds. The predicted octanol–water partition coefficient (Wildman–Crippen LogP) is 0.362. The van der Waals surface area contributed by atoms with Crippen molar-refractivity contribution in [2.24, 2.45) is 5.73 Å². The van der Waals surface area contributed by atoms with E-state index < -0.39 is 11.6 Å². The van der Waals surface area contributed by atoms with Crippen LogP contribution in [0.15, 0.2) is 29.1 Å². The molecule has 146 valence electrons. The van der Waals surface area contributed by atoms with E-state index >= 15 is 0 Å². The second-order valence-corrected chi connectivity index (χ2v) is 6.60. The van der Waals surface area contributed by atoms with Gasteiger partial charge >= 0.3 is 5.69 Å². The molecule has 4 rings (SSSR count). The van der Waals surface area contributed by atoms with Crippen molar-refractivity contribution in [3.63, 3.8) is 0 Å². The van der Waals surface area contributed by atoms with Gasteiger partial charge in [0.05, 0.1) is 19.0 Å². The lowest BCUT2D eigenvalue weighted by atomic mass is 10.3. The number of imidazole rings is 1. The molecule has 0 saturated carbocycles. The number of primary amides is 1. The highest BCUT2D eigenvalue weighted by Crippen LogP contribution is 2.26. The van der Waals surface area contributed by atoms with E-state index in [-0.39, 0.29) is 23.0 Å². The molecular weight excluding hydrogens is 362 g/mol. The maximum Gasteiger partial charge on any atom is 0.332 e. The Bertz CT molecular complexity index is 1100. The number of amides is 1. The first-order valence-electron chi connectivity index (χ1n) is 8.93. The van der Waals surface area contributed by atoms with Crippen LogP contribution in [0.3, 0.4) is 0 Å². The number of rotatable bonds is 5. The van der Waals surface area contributed by atoms with Gasteiger partial charge in [0, 0.05) is 7.05 Å². The third-order valence-electron chi connectivity index (χ3n) is 4.90. The van der Waals surface area contributed by atoms with Crippen molar-refractivity contribution in [1.82, 2.24) is 24.8 Å². The summed E-state index contributed by atoms with van der Waals surface area (Å²) in [6.45, 7) is 0.899. The number of H-pyrrole nitrogens is 1. The lowest BCUT2D eigenvalue weighted by Crippen LogP contribution is -2.40. The van der Waals surface area contributed by atoms with Gasteiger partial charge < -0.3 is 20.4 Å². The molecule has 10 heteroatoms. The molecule has 0 unspecified atom stereocenters. The maximum atomic E-state index is 12.7. The van der Waals surface area contributed by atoms with Crippen LogP contribution in [0.25, 0.3) is 16.9 Å². The molecule has 3 heterocycles. The van der Waals surface area contributed by atoms with Crippen molar-refractivity contribution in [3.8, 4) is 11.4 Å². The number of hydrogen-bond acceptors (Lipinski definition) is 7. The van der Waals surface area contributed by atoms with Gasteiger partial charge in [-0.15, -0.1) is 0 Å². The van der Waals surface area contributed by atoms with Crippen LogP contribution in [-0.4, -0.2) is 52.3 Å². The van der Waals surface area contributed by atoms with E-state index in [1.54, 1.807) is 24.3 Å². The lowest BCUT2D eigenvalue weighted by Gasteiger charge is -2.24. The summed E-state index contributed by atoms with van der Waals surface area (Å²) in [4.78, 5) is 38.2. The van der Waals surface area contributed by atoms with E-state index in [0.29, 0.717) is 17.4 Å². The first-order chi connectivity index (χ1) is 13.5. The molecule has 10 nitrogen and oxygen atoms in total. The summed E-state index contributed by atoms with van der Waals surface area (Å²) < 4.78 is 6.74. The third-order valence-corrected chi connectivity index (χ3v) is 4.90. The maximum absolute atomic E-state index is 12.7. The van der Waals surface area contributed by atoms with E-state index in [1.807, 2.05) is 11.9 Å². The Morgan fingerprint density at radius 1 is 1.36 bits per heavy atom. The van der Waals surface area contributed by atoms with Crippen molar-refractivity contribution in [2.45, 2.75) is 19.0 Å². The molecule has 0 spiro atoms. The van der Waals surface area contributed by atoms with Crippen LogP contribution in [0, 0.1) is 0 Å². The number of aromatic amines is 1. The van der Waals surface area contributed by atoms with Crippen LogP contribution in [0.5, 0.6) is 5.75 Å². The number of methoxy groups -OCH3 is 1. The molecule has 0 aliphatic carbocycles. The van der Waals surface area contributed by atoms with Crippen LogP contribution in [0.4, 0.5) is 5.95 Å². The number of hydrogen-bond donors (Lipinski definition) is 3. The fourth-order valence-corrected chi connectivity index (χ4v) is 3.48. The van der Waals surface area contributed by atoms with Gasteiger partial charge in [0.2, 0.25) is 5.95 Å². The normalized spacial score (nSPS) is 16.4. The van der Waals surface area contributed by atoms with Crippen molar-refractivity contribution < 1.29 is 9.53 Å². The molecule has 3 aromatic rings. The number of ether oxygens (including phenoxy) is 1. The highest BCUT2D eigenvalue weighted by Gasteiger charge is 2.25. The summed E-state index contributed by atoms with van der Waals surface area (Å²) in [7, 11) is 3.36. The second-order valence-electron chi connectivity index (χ2n) is 6.60. The van der Waals surface area contributed by atoms with E-state index in [0.717, 1.165) is 19.4 Å². The zero-order valence-corrected chi connectivity index (χ0v) is 15.6. The van der Waals surface area contributed by atoms with E-state index in [4.69, 9.17) is 10.5 Å². The number of carbonyl (C=O) groups excluding carboxylic acids is 1. The number of nitrogens with two attached hydrogens (primary N) is 1. The number of para-hydroxylation sites is 2. The first-order valence-corrected chi connectivity index (χ1v) is 8.93. The van der Waals surface area contributed by atoms with Crippen molar-refractivity contribution in [1.29, 1.82) is 0 Å². The van der Waals surface area contributed by atoms with Gasteiger partial charge in [-0.2, -0.15) is 4.98 Å². The molecule has 4 N–H and O–H groups in total. The molecular formula is C18H21N7O3. The molecule has 1 aliphatic rings. The topological polar surface area (TPSA) is 131 Å². The molecule has 1 aromatic carbocycles. The Labute approximate surface area is 160 Å². The molecule has 1 atom stereocenters. The number of nitrogens with one attached hydrogen (secondary N) is 2. The minimum Gasteiger partial charge on any atom is -0.495 e. The molecule has 2 aromatic heterocycles. The molecule has 28 heavy (non-hydrogen) atoms. The van der Waals surface area contributed by atoms with Crippen LogP contribution in [-0.2, 0) is 0 Å². The van der Waals surface area contributed by atoms with Crippen LogP contribution in [0.1, 0.15) is 23.3 Å². The average molecular weight is 383 g/mol. The number of aromatic nitrogens is 4. The van der Waals surface area contributed by atoms with Crippen LogP contribution in [0.2, 0.25) is 0 Å². The Morgan fingerprint density at radius 2 is 2.14 bits per heavy atom. The standard InChI is InChI=1S/C18H21N7O3/c1-24(12-8-5-9-20-12)17-21-13(15(19)26)14-16(23-17)25(18(27)22-14)10-6-3-4-7-11(10)28-2/h3-4,6-7,12,20H,5,8-9H2,1-2H3,(H2,19,26)(H,22,27)/t12-/m0/s1. The third kappa shape index (κ3) is 2.87. The second kappa shape index (κ2) is 6.97. The quantitative estimate of drug-likeness (QED) is 0.580. The van der Waals surface area contributed by atoms with Gasteiger partial charge in [-0.3, -0.25) is 10.1 Å². The van der Waals surface area contributed by atoms with E-state index in [1.165, 1.54) is 11.7 Å². The van der Waals surface area contributed by atoms with Gasteiger partial charge in [-0.25, -0.2) is 14.3 Å². The summed E-state index contributed by atoms with van der Waals surface area (Å²) in [6, 6.07) is 7.07. The van der Waals surface area contributed by atoms with Crippen molar-refractivity contribution >= 4 is 23.0 Å². The Hall–Kier alpha value is -3.40.